The van der Waals surface area contributed by atoms with Crippen molar-refractivity contribution in [1.82, 2.24) is 23.5 Å². The van der Waals surface area contributed by atoms with Gasteiger partial charge in [0.25, 0.3) is 10.2 Å². The van der Waals surface area contributed by atoms with E-state index < -0.39 is 10.2 Å². The van der Waals surface area contributed by atoms with Gasteiger partial charge in [0.05, 0.1) is 6.54 Å². The van der Waals surface area contributed by atoms with Gasteiger partial charge in [-0.2, -0.15) is 17.0 Å². The average molecular weight is 313 g/mol. The molecule has 4 heterocycles. The van der Waals surface area contributed by atoms with Crippen LogP contribution in [0.5, 0.6) is 0 Å². The van der Waals surface area contributed by atoms with E-state index in [0.717, 1.165) is 31.8 Å². The van der Waals surface area contributed by atoms with E-state index in [-0.39, 0.29) is 6.04 Å². The maximum atomic E-state index is 12.4. The van der Waals surface area contributed by atoms with Gasteiger partial charge in [-0.3, -0.25) is 4.90 Å². The number of H-pyrrole nitrogens is 1. The molecule has 1 aromatic rings. The smallest absolute Gasteiger partial charge is 0.281 e. The Morgan fingerprint density at radius 1 is 1.33 bits per heavy atom. The van der Waals surface area contributed by atoms with Gasteiger partial charge in [0.2, 0.25) is 0 Å². The molecule has 0 aromatic carbocycles. The topological polar surface area (TPSA) is 72.5 Å². The van der Waals surface area contributed by atoms with Crippen molar-refractivity contribution in [3.05, 3.63) is 18.2 Å². The number of hydrogen-bond acceptors (Lipinski definition) is 4. The Labute approximate surface area is 126 Å². The van der Waals surface area contributed by atoms with Crippen LogP contribution in [0.4, 0.5) is 0 Å². The van der Waals surface area contributed by atoms with Crippen LogP contribution in [-0.2, 0) is 16.8 Å². The average Bonchev–Trinajstić information content (AvgIpc) is 2.76. The zero-order chi connectivity index (χ0) is 15.0. The molecular formula is C13H23N5O2S. The Kier molecular flexibility index (Phi) is 4.04. The number of nitrogens with zero attached hydrogens (tertiary/aromatic N) is 4. The Morgan fingerprint density at radius 3 is 2.81 bits per heavy atom. The van der Waals surface area contributed by atoms with Crippen molar-refractivity contribution in [1.29, 1.82) is 0 Å². The minimum Gasteiger partial charge on any atom is -0.348 e. The van der Waals surface area contributed by atoms with Gasteiger partial charge in [0.15, 0.2) is 0 Å². The highest BCUT2D eigenvalue weighted by Gasteiger charge is 2.39. The van der Waals surface area contributed by atoms with E-state index in [1.807, 2.05) is 6.20 Å². The molecule has 0 unspecified atom stereocenters. The predicted octanol–water partition coefficient (Wildman–Crippen LogP) is 0.112. The first-order chi connectivity index (χ1) is 9.96. The van der Waals surface area contributed by atoms with E-state index in [9.17, 15) is 8.42 Å². The largest absolute Gasteiger partial charge is 0.348 e. The summed E-state index contributed by atoms with van der Waals surface area (Å²) < 4.78 is 27.8. The van der Waals surface area contributed by atoms with E-state index in [0.29, 0.717) is 19.0 Å². The third kappa shape index (κ3) is 2.98. The van der Waals surface area contributed by atoms with Crippen molar-refractivity contribution >= 4 is 10.2 Å². The van der Waals surface area contributed by atoms with Crippen molar-refractivity contribution in [3.63, 3.8) is 0 Å². The molecule has 3 fully saturated rings. The molecule has 1 aromatic heterocycles. The monoisotopic (exact) mass is 313 g/mol. The molecule has 3 aliphatic heterocycles. The first-order valence-electron chi connectivity index (χ1n) is 7.36. The highest BCUT2D eigenvalue weighted by Crippen LogP contribution is 2.30. The predicted molar refractivity (Wildman–Crippen MR) is 79.7 cm³/mol. The van der Waals surface area contributed by atoms with Crippen LogP contribution < -0.4 is 0 Å². The number of piperidine rings is 1. The molecule has 0 aliphatic carbocycles. The summed E-state index contributed by atoms with van der Waals surface area (Å²) in [4.78, 5) is 9.79. The number of nitrogens with one attached hydrogen (secondary N) is 1. The lowest BCUT2D eigenvalue weighted by atomic mass is 9.95. The molecule has 0 saturated carbocycles. The summed E-state index contributed by atoms with van der Waals surface area (Å²) in [6, 6.07) is 0.281. The number of imidazole rings is 1. The molecule has 1 N–H and O–H groups in total. The molecule has 2 bridgehead atoms. The molecule has 0 radical (unpaired) electrons. The number of hydrogen-bond donors (Lipinski definition) is 1. The van der Waals surface area contributed by atoms with Gasteiger partial charge in [0, 0.05) is 52.2 Å². The van der Waals surface area contributed by atoms with Crippen molar-refractivity contribution < 1.29 is 8.42 Å². The molecule has 7 nitrogen and oxygen atoms in total. The minimum atomic E-state index is -3.32. The second-order valence-electron chi connectivity index (χ2n) is 6.17. The number of aromatic amines is 1. The minimum absolute atomic E-state index is 0.281. The summed E-state index contributed by atoms with van der Waals surface area (Å²) in [5, 5.41) is 0. The van der Waals surface area contributed by atoms with Crippen LogP contribution >= 0.6 is 0 Å². The fraction of sp³-hybridized carbons (Fsp3) is 0.769. The number of fused-ring (bicyclic) bond motifs is 4. The van der Waals surface area contributed by atoms with Gasteiger partial charge < -0.3 is 4.98 Å². The lowest BCUT2D eigenvalue weighted by Crippen LogP contribution is -2.46. The Bertz CT molecular complexity index is 571. The first-order valence-corrected chi connectivity index (χ1v) is 8.76. The summed E-state index contributed by atoms with van der Waals surface area (Å²) in [5.74, 6) is 1.36. The molecule has 4 rings (SSSR count). The Hall–Kier alpha value is -0.960. The van der Waals surface area contributed by atoms with Crippen LogP contribution in [0.3, 0.4) is 0 Å². The van der Waals surface area contributed by atoms with Gasteiger partial charge in [-0.15, -0.1) is 0 Å². The third-order valence-corrected chi connectivity index (χ3v) is 6.36. The van der Waals surface area contributed by atoms with E-state index in [1.54, 1.807) is 24.6 Å². The second kappa shape index (κ2) is 5.68. The number of aromatic nitrogens is 2. The fourth-order valence-electron chi connectivity index (χ4n) is 3.33. The highest BCUT2D eigenvalue weighted by atomic mass is 32.2. The zero-order valence-electron chi connectivity index (χ0n) is 12.6. The summed E-state index contributed by atoms with van der Waals surface area (Å²) in [6.45, 7) is 2.93. The lowest BCUT2D eigenvalue weighted by Gasteiger charge is -2.35. The van der Waals surface area contributed by atoms with Gasteiger partial charge in [-0.25, -0.2) is 4.98 Å². The Morgan fingerprint density at radius 2 is 2.14 bits per heavy atom. The van der Waals surface area contributed by atoms with Crippen molar-refractivity contribution in [2.45, 2.75) is 25.4 Å². The van der Waals surface area contributed by atoms with Crippen LogP contribution in [0.15, 0.2) is 12.4 Å². The van der Waals surface area contributed by atoms with Crippen molar-refractivity contribution in [2.24, 2.45) is 5.92 Å². The lowest BCUT2D eigenvalue weighted by molar-refractivity contribution is 0.122. The highest BCUT2D eigenvalue weighted by molar-refractivity contribution is 7.86. The third-order valence-electron chi connectivity index (χ3n) is 4.49. The second-order valence-corrected chi connectivity index (χ2v) is 8.31. The zero-order valence-corrected chi connectivity index (χ0v) is 13.4. The van der Waals surface area contributed by atoms with Gasteiger partial charge in [-0.05, 0) is 18.8 Å². The van der Waals surface area contributed by atoms with Crippen LogP contribution in [0.25, 0.3) is 0 Å². The normalized spacial score (nSPS) is 28.1. The molecule has 8 heteroatoms. The van der Waals surface area contributed by atoms with Gasteiger partial charge in [-0.1, -0.05) is 0 Å². The maximum absolute atomic E-state index is 12.4. The van der Waals surface area contributed by atoms with Crippen molar-refractivity contribution in [3.8, 4) is 0 Å². The van der Waals surface area contributed by atoms with Crippen LogP contribution in [-0.4, -0.2) is 71.7 Å². The molecular weight excluding hydrogens is 290 g/mol. The van der Waals surface area contributed by atoms with Crippen LogP contribution in [0, 0.1) is 5.92 Å². The summed E-state index contributed by atoms with van der Waals surface area (Å²) in [5.41, 5.74) is 0. The van der Waals surface area contributed by atoms with E-state index in [1.165, 1.54) is 4.31 Å². The van der Waals surface area contributed by atoms with Gasteiger partial charge in [0.1, 0.15) is 5.82 Å². The molecule has 3 aliphatic rings. The van der Waals surface area contributed by atoms with E-state index >= 15 is 0 Å². The quantitative estimate of drug-likeness (QED) is 0.856. The molecule has 118 valence electrons. The molecule has 0 amide bonds. The van der Waals surface area contributed by atoms with E-state index in [2.05, 4.69) is 14.9 Å². The SMILES string of the molecule is CN(C)S(=O)(=O)N1C[C@H]2CC[C@@H](C1)N(Cc1ncc[nH]1)C2. The summed E-state index contributed by atoms with van der Waals surface area (Å²) in [7, 11) is -0.118. The summed E-state index contributed by atoms with van der Waals surface area (Å²) >= 11 is 0. The van der Waals surface area contributed by atoms with Gasteiger partial charge >= 0.3 is 0 Å². The molecule has 3 saturated heterocycles. The Balaban J connectivity index is 1.76. The van der Waals surface area contributed by atoms with Crippen LogP contribution in [0.1, 0.15) is 18.7 Å². The fourth-order valence-corrected chi connectivity index (χ4v) is 4.55. The standard InChI is InChI=1S/C13H23N5O2S/c1-16(2)21(19,20)18-8-11-3-4-12(9-18)17(7-11)10-13-14-5-6-15-13/h5-6,11-12H,3-4,7-10H2,1-2H3,(H,14,15)/t11-,12-/m0/s1. The molecule has 21 heavy (non-hydrogen) atoms. The molecule has 0 spiro atoms. The first kappa shape index (κ1) is 15.0. The van der Waals surface area contributed by atoms with Crippen LogP contribution in [0.2, 0.25) is 0 Å². The maximum Gasteiger partial charge on any atom is 0.281 e. The van der Waals surface area contributed by atoms with E-state index in [4.69, 9.17) is 0 Å². The van der Waals surface area contributed by atoms with Crippen molar-refractivity contribution in [2.75, 3.05) is 33.7 Å². The summed E-state index contributed by atoms with van der Waals surface area (Å²) in [6.07, 6.45) is 5.76. The number of rotatable bonds is 4. The molecule has 2 atom stereocenters.